The summed E-state index contributed by atoms with van der Waals surface area (Å²) in [4.78, 5) is 43.0. The molecule has 0 atom stereocenters. The van der Waals surface area contributed by atoms with Gasteiger partial charge in [-0.25, -0.2) is 19.9 Å². The van der Waals surface area contributed by atoms with Crippen molar-refractivity contribution in [1.29, 1.82) is 0 Å². The van der Waals surface area contributed by atoms with Crippen LogP contribution in [0.5, 0.6) is 0 Å². The molecule has 3 aliphatic heterocycles. The molecule has 0 radical (unpaired) electrons. The number of hydrogen-bond acceptors (Lipinski definition) is 10. The third kappa shape index (κ3) is 4.30. The molecule has 2 spiro atoms. The summed E-state index contributed by atoms with van der Waals surface area (Å²) < 4.78 is 2.07. The Kier molecular flexibility index (Phi) is 6.16. The summed E-state index contributed by atoms with van der Waals surface area (Å²) in [5.74, 6) is 0.854. The Balaban J connectivity index is 1.20. The van der Waals surface area contributed by atoms with Gasteiger partial charge in [0.1, 0.15) is 50.2 Å². The number of nitro groups is 2. The number of nitrogens with zero attached hydrogens (tertiary/aromatic N) is 10. The van der Waals surface area contributed by atoms with Crippen LogP contribution in [-0.4, -0.2) is 117 Å². The zero-order chi connectivity index (χ0) is 25.5. The van der Waals surface area contributed by atoms with Crippen molar-refractivity contribution in [2.24, 2.45) is 0 Å². The van der Waals surface area contributed by atoms with Crippen LogP contribution in [0.4, 0.5) is 23.0 Å². The van der Waals surface area contributed by atoms with E-state index in [2.05, 4.69) is 19.9 Å². The molecule has 36 heavy (non-hydrogen) atoms. The maximum atomic E-state index is 11.6. The third-order valence-corrected chi connectivity index (χ3v) is 8.41. The summed E-state index contributed by atoms with van der Waals surface area (Å²) in [5, 5.41) is 23.2. The zero-order valence-corrected chi connectivity index (χ0v) is 20.7. The van der Waals surface area contributed by atoms with Crippen molar-refractivity contribution in [3.63, 3.8) is 0 Å². The van der Waals surface area contributed by atoms with Crippen molar-refractivity contribution in [3.05, 3.63) is 44.3 Å². The maximum absolute atomic E-state index is 11.6. The van der Waals surface area contributed by atoms with Crippen LogP contribution >= 0.6 is 0 Å². The van der Waals surface area contributed by atoms with Gasteiger partial charge in [-0.3, -0.25) is 20.2 Å². The van der Waals surface area contributed by atoms with Crippen molar-refractivity contribution in [1.82, 2.24) is 19.9 Å². The molecule has 3 aliphatic rings. The molecule has 5 heterocycles. The summed E-state index contributed by atoms with van der Waals surface area (Å²) in [5.41, 5.74) is 0.799. The van der Waals surface area contributed by atoms with Crippen molar-refractivity contribution in [3.8, 4) is 0 Å². The quantitative estimate of drug-likeness (QED) is 0.334. The van der Waals surface area contributed by atoms with Gasteiger partial charge in [-0.1, -0.05) is 0 Å². The number of aryl methyl sites for hydroxylation is 2. The largest absolute Gasteiger partial charge is 0.339 e. The first-order valence-corrected chi connectivity index (χ1v) is 12.3. The highest BCUT2D eigenvalue weighted by Crippen LogP contribution is 2.32. The molecule has 3 fully saturated rings. The average molecular weight is 501 g/mol. The van der Waals surface area contributed by atoms with E-state index in [1.165, 1.54) is 12.7 Å². The molecule has 14 nitrogen and oxygen atoms in total. The summed E-state index contributed by atoms with van der Waals surface area (Å²) in [6.07, 6.45) is 2.81. The SMILES string of the molecule is Cc1ncnc(N2CC[N+]3(CC2)CC[N+]2(CCN(c4ncnc(C)c4[N+](=O)[O-])CC2)CC3)c1[N+](=O)[O-]. The minimum atomic E-state index is -0.379. The normalized spacial score (nSPS) is 21.1. The fourth-order valence-corrected chi connectivity index (χ4v) is 5.97. The van der Waals surface area contributed by atoms with Crippen molar-refractivity contribution < 1.29 is 18.8 Å². The van der Waals surface area contributed by atoms with E-state index in [0.29, 0.717) is 23.0 Å². The van der Waals surface area contributed by atoms with E-state index in [4.69, 9.17) is 0 Å². The Morgan fingerprint density at radius 2 is 0.972 bits per heavy atom. The Bertz CT molecular complexity index is 1070. The second kappa shape index (κ2) is 9.17. The van der Waals surface area contributed by atoms with E-state index in [1.807, 2.05) is 9.80 Å². The van der Waals surface area contributed by atoms with Gasteiger partial charge < -0.3 is 18.8 Å². The zero-order valence-electron chi connectivity index (χ0n) is 20.7. The van der Waals surface area contributed by atoms with Gasteiger partial charge in [-0.2, -0.15) is 0 Å². The first-order valence-electron chi connectivity index (χ1n) is 12.3. The van der Waals surface area contributed by atoms with Gasteiger partial charge in [0.25, 0.3) is 0 Å². The predicted molar refractivity (Wildman–Crippen MR) is 131 cm³/mol. The van der Waals surface area contributed by atoms with E-state index in [9.17, 15) is 20.2 Å². The summed E-state index contributed by atoms with van der Waals surface area (Å²) >= 11 is 0. The van der Waals surface area contributed by atoms with Crippen molar-refractivity contribution in [2.75, 3.05) is 88.3 Å². The number of piperazine rings is 3. The van der Waals surface area contributed by atoms with E-state index >= 15 is 0 Å². The molecule has 2 aromatic heterocycles. The highest BCUT2D eigenvalue weighted by molar-refractivity contribution is 5.60. The highest BCUT2D eigenvalue weighted by atomic mass is 16.6. The number of quaternary nitrogens is 2. The smallest absolute Gasteiger partial charge is 0.332 e. The van der Waals surface area contributed by atoms with Gasteiger partial charge in [0.15, 0.2) is 0 Å². The first-order chi connectivity index (χ1) is 17.2. The van der Waals surface area contributed by atoms with Crippen LogP contribution in [0.3, 0.4) is 0 Å². The lowest BCUT2D eigenvalue weighted by molar-refractivity contribution is -1.03. The Morgan fingerprint density at radius 3 is 1.28 bits per heavy atom. The third-order valence-electron chi connectivity index (χ3n) is 8.41. The van der Waals surface area contributed by atoms with Gasteiger partial charge in [0.2, 0.25) is 11.6 Å². The molecule has 0 N–H and O–H groups in total. The number of rotatable bonds is 4. The fourth-order valence-electron chi connectivity index (χ4n) is 5.97. The van der Waals surface area contributed by atoms with Crippen LogP contribution in [0.15, 0.2) is 12.7 Å². The van der Waals surface area contributed by atoms with E-state index < -0.39 is 0 Å². The van der Waals surface area contributed by atoms with E-state index in [-0.39, 0.29) is 21.2 Å². The Morgan fingerprint density at radius 1 is 0.639 bits per heavy atom. The van der Waals surface area contributed by atoms with Crippen LogP contribution in [0.1, 0.15) is 11.4 Å². The van der Waals surface area contributed by atoms with Crippen LogP contribution in [0.2, 0.25) is 0 Å². The van der Waals surface area contributed by atoms with Gasteiger partial charge in [0, 0.05) is 0 Å². The standard InChI is InChI=1S/C22H32N10O4/c1-17-19(29(33)34)21(25-15-23-17)27-3-7-31(8-4-27)11-13-32(14-12-31)9-5-28(6-10-32)22-20(30(35)36)18(2)24-16-26-22/h15-16H,3-14H2,1-2H3/q+2. The molecule has 192 valence electrons. The minimum absolute atomic E-state index is 0.00564. The van der Waals surface area contributed by atoms with E-state index in [0.717, 1.165) is 87.5 Å². The van der Waals surface area contributed by atoms with Crippen LogP contribution < -0.4 is 9.80 Å². The van der Waals surface area contributed by atoms with Crippen LogP contribution in [0, 0.1) is 34.1 Å². The maximum Gasteiger partial charge on any atom is 0.332 e. The molecule has 5 rings (SSSR count). The molecule has 0 unspecified atom stereocenters. The van der Waals surface area contributed by atoms with Gasteiger partial charge in [0.05, 0.1) is 62.2 Å². The Labute approximate surface area is 208 Å². The molecule has 0 aliphatic carbocycles. The number of anilines is 2. The average Bonchev–Trinajstić information content (AvgIpc) is 2.86. The lowest BCUT2D eigenvalue weighted by atomic mass is 10.1. The van der Waals surface area contributed by atoms with Crippen LogP contribution in [0.25, 0.3) is 0 Å². The molecular weight excluding hydrogens is 468 g/mol. The first kappa shape index (κ1) is 24.2. The van der Waals surface area contributed by atoms with Gasteiger partial charge in [-0.15, -0.1) is 0 Å². The number of hydrogen-bond donors (Lipinski definition) is 0. The second-order valence-corrected chi connectivity index (χ2v) is 10.2. The molecule has 0 aromatic carbocycles. The van der Waals surface area contributed by atoms with E-state index in [1.54, 1.807) is 13.8 Å². The molecule has 0 saturated carbocycles. The minimum Gasteiger partial charge on any atom is -0.339 e. The van der Waals surface area contributed by atoms with Crippen LogP contribution in [-0.2, 0) is 0 Å². The second-order valence-electron chi connectivity index (χ2n) is 10.2. The van der Waals surface area contributed by atoms with Crippen molar-refractivity contribution >= 4 is 23.0 Å². The lowest BCUT2D eigenvalue weighted by Crippen LogP contribution is -2.73. The predicted octanol–water partition coefficient (Wildman–Crippen LogP) is 0.687. The lowest BCUT2D eigenvalue weighted by Gasteiger charge is -2.54. The molecule has 0 bridgehead atoms. The molecular formula is C22H32N10O4+2. The molecule has 14 heteroatoms. The van der Waals surface area contributed by atoms with Crippen molar-refractivity contribution in [2.45, 2.75) is 13.8 Å². The highest BCUT2D eigenvalue weighted by Gasteiger charge is 2.46. The fraction of sp³-hybridized carbons (Fsp3) is 0.636. The molecule has 0 amide bonds. The molecule has 2 aromatic rings. The van der Waals surface area contributed by atoms with Gasteiger partial charge >= 0.3 is 11.4 Å². The summed E-state index contributed by atoms with van der Waals surface area (Å²) in [7, 11) is 0. The van der Waals surface area contributed by atoms with Gasteiger partial charge in [-0.05, 0) is 13.8 Å². The summed E-state index contributed by atoms with van der Waals surface area (Å²) in [6.45, 7) is 14.3. The molecule has 3 saturated heterocycles. The topological polar surface area (TPSA) is 144 Å². The Hall–Kier alpha value is -3.52. The summed E-state index contributed by atoms with van der Waals surface area (Å²) in [6, 6.07) is 0. The monoisotopic (exact) mass is 500 g/mol. The number of aromatic nitrogens is 4.